The van der Waals surface area contributed by atoms with E-state index in [4.69, 9.17) is 15.2 Å². The van der Waals surface area contributed by atoms with Crippen molar-refractivity contribution < 1.29 is 23.9 Å². The van der Waals surface area contributed by atoms with E-state index in [0.29, 0.717) is 30.0 Å². The first kappa shape index (κ1) is 39.1. The van der Waals surface area contributed by atoms with Gasteiger partial charge in [0.05, 0.1) is 12.0 Å². The number of nitrogens with zero attached hydrogens (tertiary/aromatic N) is 2. The Morgan fingerprint density at radius 1 is 1.07 bits per heavy atom. The van der Waals surface area contributed by atoms with Gasteiger partial charge in [0.15, 0.2) is 0 Å². The summed E-state index contributed by atoms with van der Waals surface area (Å²) < 4.78 is 11.3. The molecule has 0 radical (unpaired) electrons. The van der Waals surface area contributed by atoms with Crippen LogP contribution in [0.1, 0.15) is 101 Å². The zero-order valence-electron chi connectivity index (χ0n) is 29.0. The van der Waals surface area contributed by atoms with Crippen molar-refractivity contribution in [2.24, 2.45) is 23.5 Å². The lowest BCUT2D eigenvalue weighted by Gasteiger charge is -2.35. The van der Waals surface area contributed by atoms with Gasteiger partial charge in [0.25, 0.3) is 5.91 Å². The number of methoxy groups -OCH3 is 1. The van der Waals surface area contributed by atoms with Gasteiger partial charge in [-0.15, -0.1) is 11.3 Å². The molecule has 2 rings (SSSR count). The van der Waals surface area contributed by atoms with Crippen LogP contribution in [-0.4, -0.2) is 66.6 Å². The number of nitrogens with one attached hydrogen (secondary N) is 1. The number of esters is 1. The molecule has 0 aliphatic carbocycles. The van der Waals surface area contributed by atoms with Crippen molar-refractivity contribution in [3.63, 3.8) is 0 Å². The van der Waals surface area contributed by atoms with Crippen LogP contribution in [0.3, 0.4) is 0 Å². The third-order valence-electron chi connectivity index (χ3n) is 8.57. The van der Waals surface area contributed by atoms with E-state index in [2.05, 4.69) is 31.1 Å². The van der Waals surface area contributed by atoms with Crippen LogP contribution in [0.2, 0.25) is 0 Å². The molecule has 0 aliphatic rings. The Morgan fingerprint density at radius 2 is 1.76 bits per heavy atom. The molecular weight excluding hydrogens is 600 g/mol. The summed E-state index contributed by atoms with van der Waals surface area (Å²) in [5.41, 5.74) is 7.64. The van der Waals surface area contributed by atoms with Crippen molar-refractivity contribution in [1.82, 2.24) is 15.2 Å². The number of amides is 2. The number of likely N-dealkylation sites (N-methyl/N-ethyl adjacent to an activating group) is 1. The third-order valence-corrected chi connectivity index (χ3v) is 9.51. The number of carbonyl (C=O) groups excluding carboxylic acids is 3. The molecular formula is C36H56N4O5S. The molecule has 6 atom stereocenters. The molecule has 10 heteroatoms. The Morgan fingerprint density at radius 3 is 2.37 bits per heavy atom. The zero-order chi connectivity index (χ0) is 34.2. The first-order chi connectivity index (χ1) is 21.9. The second-order valence-electron chi connectivity index (χ2n) is 12.6. The van der Waals surface area contributed by atoms with Crippen LogP contribution in [0.5, 0.6) is 0 Å². The lowest BCUT2D eigenvalue weighted by molar-refractivity contribution is -0.147. The number of allylic oxidation sites excluding steroid dienone is 1. The number of benzene rings is 1. The Hall–Kier alpha value is -3.08. The fraction of sp³-hybridized carbons (Fsp3) is 0.611. The molecule has 3 N–H and O–H groups in total. The van der Waals surface area contributed by atoms with Crippen LogP contribution in [0, 0.1) is 17.8 Å². The monoisotopic (exact) mass is 656 g/mol. The van der Waals surface area contributed by atoms with Crippen molar-refractivity contribution >= 4 is 29.1 Å². The van der Waals surface area contributed by atoms with Crippen LogP contribution in [-0.2, 0) is 25.5 Å². The predicted octanol–water partition coefficient (Wildman–Crippen LogP) is 6.34. The van der Waals surface area contributed by atoms with E-state index < -0.39 is 18.1 Å². The average Bonchev–Trinajstić information content (AvgIpc) is 3.54. The normalized spacial score (nSPS) is 15.6. The van der Waals surface area contributed by atoms with E-state index in [1.807, 2.05) is 63.3 Å². The van der Waals surface area contributed by atoms with Crippen molar-refractivity contribution in [3.05, 3.63) is 64.1 Å². The zero-order valence-corrected chi connectivity index (χ0v) is 29.8. The van der Waals surface area contributed by atoms with E-state index >= 15 is 0 Å². The first-order valence-electron chi connectivity index (χ1n) is 16.6. The number of nitrogens with two attached hydrogens (primary N) is 1. The van der Waals surface area contributed by atoms with Gasteiger partial charge in [-0.05, 0) is 36.7 Å². The highest BCUT2D eigenvalue weighted by molar-refractivity contribution is 7.09. The van der Waals surface area contributed by atoms with E-state index in [9.17, 15) is 14.4 Å². The van der Waals surface area contributed by atoms with E-state index in [0.717, 1.165) is 24.8 Å². The Bertz CT molecular complexity index is 1230. The van der Waals surface area contributed by atoms with Gasteiger partial charge < -0.3 is 25.4 Å². The number of hydrogen-bond donors (Lipinski definition) is 2. The van der Waals surface area contributed by atoms with Crippen LogP contribution in [0.4, 0.5) is 0 Å². The number of aromatic nitrogens is 1. The minimum absolute atomic E-state index is 0.0769. The smallest absolute Gasteiger partial charge is 0.309 e. The number of hydrogen-bond acceptors (Lipinski definition) is 8. The highest BCUT2D eigenvalue weighted by Crippen LogP contribution is 2.30. The summed E-state index contributed by atoms with van der Waals surface area (Å²) in [6.45, 7) is 12.3. The standard InChI is InChI=1S/C36H56N4O5S/c1-9-11-12-16-19-45-36(43)26(6)20-28(21-27-17-14-13-15-18-27)38-33(41)29-23-46-34(39-29)31(44-8)22-30(24(3)4)40(7)35(42)32(37)25(5)10-2/h12-18,23-26,28,30-32H,9-11,19-22,37H2,1-8H3,(H,38,41)/b16-12+/t25-,26-,28+,30+,31+,32-/m0/s1. The van der Waals surface area contributed by atoms with E-state index in [1.165, 1.54) is 11.3 Å². The summed E-state index contributed by atoms with van der Waals surface area (Å²) in [6, 6.07) is 8.87. The summed E-state index contributed by atoms with van der Waals surface area (Å²) in [5.74, 6) is -0.864. The summed E-state index contributed by atoms with van der Waals surface area (Å²) in [7, 11) is 3.42. The fourth-order valence-corrected chi connectivity index (χ4v) is 6.22. The summed E-state index contributed by atoms with van der Waals surface area (Å²) in [6.07, 6.45) is 7.78. The summed E-state index contributed by atoms with van der Waals surface area (Å²) in [4.78, 5) is 45.8. The molecule has 0 aliphatic heterocycles. The second-order valence-corrected chi connectivity index (χ2v) is 13.5. The van der Waals surface area contributed by atoms with Gasteiger partial charge in [-0.25, -0.2) is 4.98 Å². The first-order valence-corrected chi connectivity index (χ1v) is 17.5. The molecule has 1 aromatic carbocycles. The number of unbranched alkanes of at least 4 members (excludes halogenated alkanes) is 1. The van der Waals surface area contributed by atoms with Gasteiger partial charge in [-0.1, -0.05) is 96.9 Å². The van der Waals surface area contributed by atoms with E-state index in [1.54, 1.807) is 24.4 Å². The highest BCUT2D eigenvalue weighted by atomic mass is 32.1. The molecule has 0 spiro atoms. The maximum atomic E-state index is 13.5. The van der Waals surface area contributed by atoms with Crippen LogP contribution in [0.25, 0.3) is 0 Å². The van der Waals surface area contributed by atoms with E-state index in [-0.39, 0.29) is 48.3 Å². The molecule has 2 amide bonds. The quantitative estimate of drug-likeness (QED) is 0.126. The molecule has 0 saturated carbocycles. The molecule has 1 heterocycles. The fourth-order valence-electron chi connectivity index (χ4n) is 5.33. The van der Waals surface area contributed by atoms with Gasteiger partial charge >= 0.3 is 5.97 Å². The lowest BCUT2D eigenvalue weighted by Crippen LogP contribution is -2.51. The number of carbonyl (C=O) groups is 3. The van der Waals surface area contributed by atoms with Crippen LogP contribution < -0.4 is 11.1 Å². The maximum Gasteiger partial charge on any atom is 0.309 e. The molecule has 0 bridgehead atoms. The van der Waals surface area contributed by atoms with Crippen molar-refractivity contribution in [3.8, 4) is 0 Å². The molecule has 256 valence electrons. The number of rotatable bonds is 20. The number of ether oxygens (including phenoxy) is 2. The molecule has 9 nitrogen and oxygen atoms in total. The maximum absolute atomic E-state index is 13.5. The SMILES string of the molecule is CCC/C=C/COC(=O)[C@@H](C)C[C@H](Cc1ccccc1)NC(=O)c1csc([C@@H](C[C@H](C(C)C)N(C)C(=O)[C@@H](N)[C@@H](C)CC)OC)n1. The van der Waals surface area contributed by atoms with Gasteiger partial charge in [0.2, 0.25) is 5.91 Å². The van der Waals surface area contributed by atoms with Crippen LogP contribution in [0.15, 0.2) is 47.9 Å². The van der Waals surface area contributed by atoms with Crippen molar-refractivity contribution in [1.29, 1.82) is 0 Å². The summed E-state index contributed by atoms with van der Waals surface area (Å²) >= 11 is 1.36. The van der Waals surface area contributed by atoms with Crippen LogP contribution >= 0.6 is 11.3 Å². The van der Waals surface area contributed by atoms with Gasteiger partial charge in [0, 0.05) is 38.0 Å². The Kier molecular flexibility index (Phi) is 17.2. The molecule has 2 aromatic rings. The Balaban J connectivity index is 2.16. The topological polar surface area (TPSA) is 124 Å². The second kappa shape index (κ2) is 20.2. The minimum Gasteiger partial charge on any atom is -0.461 e. The summed E-state index contributed by atoms with van der Waals surface area (Å²) in [5, 5.41) is 5.51. The van der Waals surface area contributed by atoms with Crippen molar-refractivity contribution in [2.45, 2.75) is 104 Å². The highest BCUT2D eigenvalue weighted by Gasteiger charge is 2.32. The molecule has 0 unspecified atom stereocenters. The van der Waals surface area contributed by atoms with Gasteiger partial charge in [-0.2, -0.15) is 0 Å². The average molecular weight is 657 g/mol. The molecule has 46 heavy (non-hydrogen) atoms. The Labute approximate surface area is 280 Å². The molecule has 0 fully saturated rings. The number of thiazole rings is 1. The lowest BCUT2D eigenvalue weighted by atomic mass is 9.93. The van der Waals surface area contributed by atoms with Gasteiger partial charge in [-0.3, -0.25) is 14.4 Å². The van der Waals surface area contributed by atoms with Gasteiger partial charge in [0.1, 0.15) is 23.4 Å². The molecule has 0 saturated heterocycles. The van der Waals surface area contributed by atoms with Crippen molar-refractivity contribution in [2.75, 3.05) is 20.8 Å². The third kappa shape index (κ3) is 12.3. The largest absolute Gasteiger partial charge is 0.461 e. The molecule has 1 aromatic heterocycles. The minimum atomic E-state index is -0.566. The predicted molar refractivity (Wildman–Crippen MR) is 185 cm³/mol.